The van der Waals surface area contributed by atoms with Gasteiger partial charge in [0.1, 0.15) is 11.5 Å². The highest BCUT2D eigenvalue weighted by atomic mass is 16.5. The van der Waals surface area contributed by atoms with Crippen molar-refractivity contribution in [1.29, 1.82) is 5.26 Å². The molecule has 6 heteroatoms. The minimum absolute atomic E-state index is 0.0200. The number of amides is 2. The molecule has 1 aliphatic heterocycles. The first kappa shape index (κ1) is 21.1. The molecule has 0 N–H and O–H groups in total. The quantitative estimate of drug-likeness (QED) is 0.526. The van der Waals surface area contributed by atoms with Gasteiger partial charge in [-0.25, -0.2) is 0 Å². The van der Waals surface area contributed by atoms with Gasteiger partial charge in [-0.15, -0.1) is 0 Å². The third kappa shape index (κ3) is 6.17. The second-order valence-electron chi connectivity index (χ2n) is 5.55. The number of benzene rings is 1. The van der Waals surface area contributed by atoms with Crippen molar-refractivity contribution in [3.63, 3.8) is 0 Å². The lowest BCUT2D eigenvalue weighted by molar-refractivity contribution is -0.138. The van der Waals surface area contributed by atoms with E-state index in [1.54, 1.807) is 31.2 Å². The van der Waals surface area contributed by atoms with Gasteiger partial charge in [0.2, 0.25) is 0 Å². The topological polar surface area (TPSA) is 87.5 Å². The summed E-state index contributed by atoms with van der Waals surface area (Å²) in [4.78, 5) is 36.1. The standard InChI is InChI=1S/C18H18N2O4.C2H6/c1-13(21)5-3-2-4-10-20-17(22)11-16(18(20)23)24-15-8-6-14(12-19)7-9-15;1-2/h6-9,11H,2-5,10H2,1H3;1-2H3. The summed E-state index contributed by atoms with van der Waals surface area (Å²) < 4.78 is 5.44. The number of Topliss-reactive ketones (excluding diaryl/α,β-unsaturated/α-hetero) is 1. The van der Waals surface area contributed by atoms with Gasteiger partial charge < -0.3 is 9.53 Å². The number of hydrogen-bond acceptors (Lipinski definition) is 5. The molecule has 26 heavy (non-hydrogen) atoms. The molecule has 6 nitrogen and oxygen atoms in total. The van der Waals surface area contributed by atoms with Gasteiger partial charge >= 0.3 is 0 Å². The van der Waals surface area contributed by atoms with Crippen LogP contribution in [0.4, 0.5) is 0 Å². The molecular formula is C20H24N2O4. The Morgan fingerprint density at radius 1 is 1.12 bits per heavy atom. The molecule has 1 aromatic rings. The summed E-state index contributed by atoms with van der Waals surface area (Å²) in [6.07, 6.45) is 3.89. The molecule has 1 heterocycles. The summed E-state index contributed by atoms with van der Waals surface area (Å²) in [6, 6.07) is 8.28. The molecule has 1 aromatic carbocycles. The van der Waals surface area contributed by atoms with Crippen LogP contribution in [0.5, 0.6) is 5.75 Å². The zero-order valence-corrected chi connectivity index (χ0v) is 15.4. The van der Waals surface area contributed by atoms with Crippen molar-refractivity contribution in [2.45, 2.75) is 46.5 Å². The van der Waals surface area contributed by atoms with Crippen molar-refractivity contribution in [3.05, 3.63) is 41.7 Å². The largest absolute Gasteiger partial charge is 0.451 e. The lowest BCUT2D eigenvalue weighted by Gasteiger charge is -2.14. The van der Waals surface area contributed by atoms with Crippen molar-refractivity contribution in [2.24, 2.45) is 0 Å². The highest BCUT2D eigenvalue weighted by Crippen LogP contribution is 2.20. The molecule has 0 saturated carbocycles. The number of carbonyl (C=O) groups excluding carboxylic acids is 3. The Morgan fingerprint density at radius 2 is 1.77 bits per heavy atom. The van der Waals surface area contributed by atoms with Crippen LogP contribution < -0.4 is 4.74 Å². The fourth-order valence-corrected chi connectivity index (χ4v) is 2.31. The van der Waals surface area contributed by atoms with Crippen molar-refractivity contribution in [2.75, 3.05) is 6.54 Å². The molecule has 0 spiro atoms. The second kappa shape index (κ2) is 10.8. The molecule has 0 aliphatic carbocycles. The van der Waals surface area contributed by atoms with Crippen LogP contribution in [0.2, 0.25) is 0 Å². The predicted molar refractivity (Wildman–Crippen MR) is 97.1 cm³/mol. The van der Waals surface area contributed by atoms with Crippen molar-refractivity contribution in [3.8, 4) is 11.8 Å². The molecule has 0 aromatic heterocycles. The monoisotopic (exact) mass is 356 g/mol. The van der Waals surface area contributed by atoms with E-state index in [0.29, 0.717) is 30.7 Å². The molecule has 2 amide bonds. The minimum atomic E-state index is -0.462. The summed E-state index contributed by atoms with van der Waals surface area (Å²) in [6.45, 7) is 5.86. The van der Waals surface area contributed by atoms with E-state index >= 15 is 0 Å². The fraction of sp³-hybridized carbons (Fsp3) is 0.400. The van der Waals surface area contributed by atoms with Gasteiger partial charge in [-0.05, 0) is 44.0 Å². The van der Waals surface area contributed by atoms with Crippen LogP contribution in [0.1, 0.15) is 52.0 Å². The predicted octanol–water partition coefficient (Wildman–Crippen LogP) is 3.37. The van der Waals surface area contributed by atoms with E-state index in [-0.39, 0.29) is 11.5 Å². The molecule has 0 unspecified atom stereocenters. The second-order valence-corrected chi connectivity index (χ2v) is 5.55. The van der Waals surface area contributed by atoms with E-state index in [2.05, 4.69) is 0 Å². The molecule has 0 saturated heterocycles. The van der Waals surface area contributed by atoms with E-state index in [4.69, 9.17) is 10.00 Å². The number of rotatable bonds is 8. The average Bonchev–Trinajstić information content (AvgIpc) is 2.90. The van der Waals surface area contributed by atoms with E-state index in [1.165, 1.54) is 6.08 Å². The molecule has 0 bridgehead atoms. The number of nitrogens with zero attached hydrogens (tertiary/aromatic N) is 2. The van der Waals surface area contributed by atoms with Crippen molar-refractivity contribution >= 4 is 17.6 Å². The van der Waals surface area contributed by atoms with E-state index in [1.807, 2.05) is 19.9 Å². The third-order valence-corrected chi connectivity index (χ3v) is 3.60. The van der Waals surface area contributed by atoms with Crippen LogP contribution in [0.3, 0.4) is 0 Å². The van der Waals surface area contributed by atoms with E-state index < -0.39 is 11.8 Å². The number of ketones is 1. The van der Waals surface area contributed by atoms with Gasteiger partial charge in [0.25, 0.3) is 11.8 Å². The molecular weight excluding hydrogens is 332 g/mol. The van der Waals surface area contributed by atoms with Gasteiger partial charge in [0, 0.05) is 13.0 Å². The molecule has 0 radical (unpaired) electrons. The highest BCUT2D eigenvalue weighted by Gasteiger charge is 2.32. The maximum atomic E-state index is 12.2. The molecule has 1 aliphatic rings. The van der Waals surface area contributed by atoms with Crippen LogP contribution in [0.15, 0.2) is 36.1 Å². The van der Waals surface area contributed by atoms with Crippen LogP contribution in [0, 0.1) is 11.3 Å². The van der Waals surface area contributed by atoms with Crippen LogP contribution in [-0.4, -0.2) is 29.0 Å². The van der Waals surface area contributed by atoms with Crippen LogP contribution in [0.25, 0.3) is 0 Å². The number of carbonyl (C=O) groups is 3. The first-order chi connectivity index (χ1) is 12.5. The summed E-state index contributed by atoms with van der Waals surface area (Å²) in [7, 11) is 0. The lowest BCUT2D eigenvalue weighted by atomic mass is 10.1. The van der Waals surface area contributed by atoms with E-state index in [0.717, 1.165) is 17.7 Å². The number of nitriles is 1. The van der Waals surface area contributed by atoms with E-state index in [9.17, 15) is 14.4 Å². The third-order valence-electron chi connectivity index (χ3n) is 3.60. The minimum Gasteiger partial charge on any atom is -0.451 e. The summed E-state index contributed by atoms with van der Waals surface area (Å²) in [5, 5.41) is 8.75. The Kier molecular flexibility index (Phi) is 8.79. The first-order valence-electron chi connectivity index (χ1n) is 8.76. The number of imide groups is 1. The Morgan fingerprint density at radius 3 is 2.35 bits per heavy atom. The average molecular weight is 356 g/mol. The number of ether oxygens (including phenoxy) is 1. The van der Waals surface area contributed by atoms with Gasteiger partial charge in [-0.2, -0.15) is 5.26 Å². The van der Waals surface area contributed by atoms with Crippen LogP contribution >= 0.6 is 0 Å². The Labute approximate surface area is 154 Å². The molecule has 2 rings (SSSR count). The van der Waals surface area contributed by atoms with Crippen molar-refractivity contribution in [1.82, 2.24) is 4.90 Å². The Hall–Kier alpha value is -2.94. The van der Waals surface area contributed by atoms with Gasteiger partial charge in [0.15, 0.2) is 5.76 Å². The SMILES string of the molecule is CC.CC(=O)CCCCCN1C(=O)C=C(Oc2ccc(C#N)cc2)C1=O. The maximum Gasteiger partial charge on any atom is 0.296 e. The summed E-state index contributed by atoms with van der Waals surface area (Å²) >= 11 is 0. The summed E-state index contributed by atoms with van der Waals surface area (Å²) in [5.74, 6) is -0.340. The first-order valence-corrected chi connectivity index (χ1v) is 8.76. The smallest absolute Gasteiger partial charge is 0.296 e. The zero-order valence-electron chi connectivity index (χ0n) is 15.4. The normalized spacial score (nSPS) is 12.8. The number of hydrogen-bond donors (Lipinski definition) is 0. The maximum absolute atomic E-state index is 12.2. The Balaban J connectivity index is 0.00000163. The Bertz CT molecular complexity index is 714. The zero-order chi connectivity index (χ0) is 19.5. The van der Waals surface area contributed by atoms with Gasteiger partial charge in [-0.1, -0.05) is 20.3 Å². The fourth-order valence-electron chi connectivity index (χ4n) is 2.31. The van der Waals surface area contributed by atoms with Gasteiger partial charge in [0.05, 0.1) is 17.7 Å². The van der Waals surface area contributed by atoms with Crippen molar-refractivity contribution < 1.29 is 19.1 Å². The molecule has 0 atom stereocenters. The summed E-state index contributed by atoms with van der Waals surface area (Å²) in [5.41, 5.74) is 0.484. The molecule has 0 fully saturated rings. The lowest BCUT2D eigenvalue weighted by Crippen LogP contribution is -2.32. The van der Waals surface area contributed by atoms with Gasteiger partial charge in [-0.3, -0.25) is 14.5 Å². The highest BCUT2D eigenvalue weighted by molar-refractivity contribution is 6.15. The number of unbranched alkanes of at least 4 members (excludes halogenated alkanes) is 2. The molecule has 138 valence electrons. The van der Waals surface area contributed by atoms with Crippen LogP contribution in [-0.2, 0) is 14.4 Å².